The minimum Gasteiger partial charge on any atom is -0.435 e. The number of alkyl halides is 2. The Morgan fingerprint density at radius 3 is 2.33 bits per heavy atom. The van der Waals surface area contributed by atoms with Crippen molar-refractivity contribution in [2.24, 2.45) is 11.3 Å². The van der Waals surface area contributed by atoms with E-state index in [4.69, 9.17) is 4.74 Å². The van der Waals surface area contributed by atoms with E-state index in [2.05, 4.69) is 38.4 Å². The molecule has 0 saturated heterocycles. The van der Waals surface area contributed by atoms with E-state index in [-0.39, 0.29) is 15.1 Å². The van der Waals surface area contributed by atoms with Gasteiger partial charge in [-0.25, -0.2) is 0 Å². The zero-order chi connectivity index (χ0) is 9.57. The van der Waals surface area contributed by atoms with E-state index in [0.717, 1.165) is 6.26 Å². The van der Waals surface area contributed by atoms with Crippen molar-refractivity contribution in [3.8, 4) is 0 Å². The van der Waals surface area contributed by atoms with Crippen molar-refractivity contribution in [1.29, 1.82) is 0 Å². The molecule has 0 radical (unpaired) electrons. The number of ether oxygens (including phenoxy) is 1. The molecule has 0 heterocycles. The molecular formula is C8H10Br2O2. The van der Waals surface area contributed by atoms with Crippen molar-refractivity contribution in [3.63, 3.8) is 0 Å². The number of carbonyl (C=O) groups is 1. The van der Waals surface area contributed by atoms with E-state index in [1.807, 2.05) is 13.8 Å². The quantitative estimate of drug-likeness (QED) is 0.445. The summed E-state index contributed by atoms with van der Waals surface area (Å²) in [5.74, 6) is -0.0313. The van der Waals surface area contributed by atoms with Crippen LogP contribution < -0.4 is 0 Å². The maximum Gasteiger partial charge on any atom is 0.319 e. The van der Waals surface area contributed by atoms with Gasteiger partial charge in [-0.05, 0) is 6.92 Å². The van der Waals surface area contributed by atoms with E-state index in [9.17, 15) is 4.79 Å². The Morgan fingerprint density at radius 1 is 1.67 bits per heavy atom. The monoisotopic (exact) mass is 296 g/mol. The summed E-state index contributed by atoms with van der Waals surface area (Å²) in [6.07, 6.45) is 1.16. The Bertz CT molecular complexity index is 237. The van der Waals surface area contributed by atoms with Gasteiger partial charge in [0.2, 0.25) is 0 Å². The molecule has 0 aromatic rings. The first-order valence-corrected chi connectivity index (χ1v) is 5.17. The van der Waals surface area contributed by atoms with Crippen LogP contribution in [0.2, 0.25) is 0 Å². The molecular weight excluding hydrogens is 288 g/mol. The molecule has 0 N–H and O–H groups in total. The van der Waals surface area contributed by atoms with Crippen LogP contribution >= 0.6 is 31.9 Å². The van der Waals surface area contributed by atoms with Crippen molar-refractivity contribution < 1.29 is 9.53 Å². The fourth-order valence-electron chi connectivity index (χ4n) is 1.25. The SMILES string of the molecule is C=COC(=O)C1(C)C(C)C1(Br)Br. The van der Waals surface area contributed by atoms with E-state index in [1.165, 1.54) is 0 Å². The smallest absolute Gasteiger partial charge is 0.319 e. The molecule has 12 heavy (non-hydrogen) atoms. The Labute approximate surface area is 88.6 Å². The first-order chi connectivity index (χ1) is 5.39. The van der Waals surface area contributed by atoms with Gasteiger partial charge < -0.3 is 4.74 Å². The molecule has 1 aliphatic rings. The summed E-state index contributed by atoms with van der Waals surface area (Å²) in [4.78, 5) is 11.4. The second-order valence-electron chi connectivity index (χ2n) is 3.12. The summed E-state index contributed by atoms with van der Waals surface area (Å²) in [5.41, 5.74) is -0.485. The highest BCUT2D eigenvalue weighted by molar-refractivity contribution is 9.25. The molecule has 1 rings (SSSR count). The maximum absolute atomic E-state index is 11.4. The van der Waals surface area contributed by atoms with Gasteiger partial charge in [-0.1, -0.05) is 45.4 Å². The minimum atomic E-state index is -0.485. The Morgan fingerprint density at radius 2 is 2.08 bits per heavy atom. The normalized spacial score (nSPS) is 37.2. The van der Waals surface area contributed by atoms with Crippen LogP contribution in [0.5, 0.6) is 0 Å². The molecule has 1 saturated carbocycles. The van der Waals surface area contributed by atoms with Gasteiger partial charge in [0.1, 0.15) is 3.23 Å². The van der Waals surface area contributed by atoms with Gasteiger partial charge in [0.15, 0.2) is 0 Å². The summed E-state index contributed by atoms with van der Waals surface area (Å²) in [7, 11) is 0. The molecule has 2 atom stereocenters. The maximum atomic E-state index is 11.4. The molecule has 1 fully saturated rings. The zero-order valence-electron chi connectivity index (χ0n) is 6.93. The Balaban J connectivity index is 2.77. The highest BCUT2D eigenvalue weighted by Gasteiger charge is 2.74. The lowest BCUT2D eigenvalue weighted by Gasteiger charge is -2.08. The number of hydrogen-bond acceptors (Lipinski definition) is 2. The lowest BCUT2D eigenvalue weighted by atomic mass is 10.1. The molecule has 68 valence electrons. The van der Waals surface area contributed by atoms with Crippen LogP contribution in [0, 0.1) is 11.3 Å². The predicted octanol–water partition coefficient (Wildman–Crippen LogP) is 2.82. The summed E-state index contributed by atoms with van der Waals surface area (Å²) < 4.78 is 4.43. The van der Waals surface area contributed by atoms with Crippen LogP contribution in [0.15, 0.2) is 12.8 Å². The average Bonchev–Trinajstić information content (AvgIpc) is 2.37. The Hall–Kier alpha value is 0.170. The number of hydrogen-bond donors (Lipinski definition) is 0. The topological polar surface area (TPSA) is 26.3 Å². The van der Waals surface area contributed by atoms with E-state index >= 15 is 0 Å². The molecule has 0 aliphatic heterocycles. The standard InChI is InChI=1S/C8H10Br2O2/c1-4-12-6(11)7(3)5(2)8(7,9)10/h4-5H,1H2,2-3H3. The lowest BCUT2D eigenvalue weighted by Crippen LogP contribution is -2.19. The molecule has 2 unspecified atom stereocenters. The van der Waals surface area contributed by atoms with Gasteiger partial charge >= 0.3 is 5.97 Å². The van der Waals surface area contributed by atoms with Crippen LogP contribution in [0.25, 0.3) is 0 Å². The van der Waals surface area contributed by atoms with E-state index < -0.39 is 5.41 Å². The fourth-order valence-corrected chi connectivity index (χ4v) is 2.94. The molecule has 0 aromatic heterocycles. The second kappa shape index (κ2) is 2.84. The van der Waals surface area contributed by atoms with Crippen molar-refractivity contribution in [2.45, 2.75) is 17.1 Å². The molecule has 2 nitrogen and oxygen atoms in total. The third kappa shape index (κ3) is 1.08. The van der Waals surface area contributed by atoms with E-state index in [1.54, 1.807) is 0 Å². The lowest BCUT2D eigenvalue weighted by molar-refractivity contribution is -0.144. The Kier molecular flexibility index (Phi) is 2.43. The van der Waals surface area contributed by atoms with Crippen LogP contribution in [0.4, 0.5) is 0 Å². The van der Waals surface area contributed by atoms with Crippen LogP contribution in [0.3, 0.4) is 0 Å². The third-order valence-corrected chi connectivity index (χ3v) is 5.65. The summed E-state index contributed by atoms with van der Waals surface area (Å²) in [6, 6.07) is 0. The van der Waals surface area contributed by atoms with Gasteiger partial charge in [0.25, 0.3) is 0 Å². The summed E-state index contributed by atoms with van der Waals surface area (Å²) in [6.45, 7) is 7.18. The van der Waals surface area contributed by atoms with Crippen molar-refractivity contribution >= 4 is 37.8 Å². The van der Waals surface area contributed by atoms with Crippen LogP contribution in [-0.4, -0.2) is 9.20 Å². The highest BCUT2D eigenvalue weighted by Crippen LogP contribution is 2.71. The molecule has 0 bridgehead atoms. The number of esters is 1. The van der Waals surface area contributed by atoms with Gasteiger partial charge in [-0.2, -0.15) is 0 Å². The van der Waals surface area contributed by atoms with Crippen molar-refractivity contribution in [2.75, 3.05) is 0 Å². The van der Waals surface area contributed by atoms with Crippen LogP contribution in [0.1, 0.15) is 13.8 Å². The van der Waals surface area contributed by atoms with Crippen molar-refractivity contribution in [3.05, 3.63) is 12.8 Å². The number of rotatable bonds is 2. The number of halogens is 2. The molecule has 0 spiro atoms. The first-order valence-electron chi connectivity index (χ1n) is 3.58. The molecule has 0 aromatic carbocycles. The van der Waals surface area contributed by atoms with Gasteiger partial charge in [0.05, 0.1) is 11.7 Å². The largest absolute Gasteiger partial charge is 0.435 e. The number of carbonyl (C=O) groups excluding carboxylic acids is 1. The molecule has 4 heteroatoms. The van der Waals surface area contributed by atoms with E-state index in [0.29, 0.717) is 0 Å². The van der Waals surface area contributed by atoms with Gasteiger partial charge in [-0.3, -0.25) is 4.79 Å². The predicted molar refractivity (Wildman–Crippen MR) is 54.1 cm³/mol. The van der Waals surface area contributed by atoms with Crippen molar-refractivity contribution in [1.82, 2.24) is 0 Å². The average molecular weight is 298 g/mol. The first kappa shape index (κ1) is 10.3. The molecule has 0 amide bonds. The fraction of sp³-hybridized carbons (Fsp3) is 0.625. The second-order valence-corrected chi connectivity index (χ2v) is 6.68. The zero-order valence-corrected chi connectivity index (χ0v) is 10.1. The molecule has 1 aliphatic carbocycles. The highest BCUT2D eigenvalue weighted by atomic mass is 79.9. The minimum absolute atomic E-state index is 0.220. The van der Waals surface area contributed by atoms with Gasteiger partial charge in [0, 0.05) is 5.92 Å². The summed E-state index contributed by atoms with van der Waals surface area (Å²) >= 11 is 6.85. The summed E-state index contributed by atoms with van der Waals surface area (Å²) in [5, 5.41) is 0. The van der Waals surface area contributed by atoms with Gasteiger partial charge in [-0.15, -0.1) is 0 Å². The third-order valence-electron chi connectivity index (χ3n) is 2.63. The van der Waals surface area contributed by atoms with Crippen LogP contribution in [-0.2, 0) is 9.53 Å².